The molecule has 1 fully saturated rings. The van der Waals surface area contributed by atoms with Gasteiger partial charge >= 0.3 is 0 Å². The van der Waals surface area contributed by atoms with E-state index in [1.54, 1.807) is 43.3 Å². The number of hydrogen-bond acceptors (Lipinski definition) is 3. The molecule has 2 aromatic carbocycles. The van der Waals surface area contributed by atoms with Crippen LogP contribution >= 0.6 is 11.6 Å². The van der Waals surface area contributed by atoms with E-state index in [1.165, 1.54) is 10.4 Å². The normalized spacial score (nSPS) is 15.3. The number of halogens is 1. The summed E-state index contributed by atoms with van der Waals surface area (Å²) in [6.45, 7) is 2.91. The van der Waals surface area contributed by atoms with Crippen molar-refractivity contribution in [1.82, 2.24) is 4.31 Å². The second-order valence-corrected chi connectivity index (χ2v) is 8.42. The fourth-order valence-electron chi connectivity index (χ4n) is 2.81. The molecule has 1 N–H and O–H groups in total. The molecule has 3 rings (SSSR count). The van der Waals surface area contributed by atoms with Gasteiger partial charge in [-0.3, -0.25) is 4.79 Å². The summed E-state index contributed by atoms with van der Waals surface area (Å²) in [5, 5.41) is 3.36. The third-order valence-corrected chi connectivity index (χ3v) is 6.40. The molecule has 5 nitrogen and oxygen atoms in total. The maximum atomic E-state index is 12.6. The number of nitrogens with one attached hydrogen (secondary N) is 1. The first-order valence-electron chi connectivity index (χ1n) is 8.05. The molecule has 0 radical (unpaired) electrons. The maximum absolute atomic E-state index is 12.6. The summed E-state index contributed by atoms with van der Waals surface area (Å²) in [7, 11) is -3.46. The number of carbonyl (C=O) groups is 1. The third kappa shape index (κ3) is 3.86. The molecule has 25 heavy (non-hydrogen) atoms. The fraction of sp³-hybridized carbons (Fsp3) is 0.278. The van der Waals surface area contributed by atoms with Crippen LogP contribution in [0.2, 0.25) is 5.02 Å². The summed E-state index contributed by atoms with van der Waals surface area (Å²) in [6.07, 6.45) is 1.79. The van der Waals surface area contributed by atoms with E-state index in [-0.39, 0.29) is 10.8 Å². The van der Waals surface area contributed by atoms with Gasteiger partial charge in [-0.15, -0.1) is 0 Å². The average molecular weight is 379 g/mol. The van der Waals surface area contributed by atoms with Gasteiger partial charge in [0.25, 0.3) is 5.91 Å². The van der Waals surface area contributed by atoms with Crippen LogP contribution < -0.4 is 5.32 Å². The zero-order valence-corrected chi connectivity index (χ0v) is 15.4. The van der Waals surface area contributed by atoms with Crippen LogP contribution in [0.25, 0.3) is 0 Å². The van der Waals surface area contributed by atoms with E-state index < -0.39 is 10.0 Å². The molecule has 0 aliphatic carbocycles. The summed E-state index contributed by atoms with van der Waals surface area (Å²) < 4.78 is 26.7. The quantitative estimate of drug-likeness (QED) is 0.882. The van der Waals surface area contributed by atoms with Gasteiger partial charge in [0, 0.05) is 29.4 Å². The van der Waals surface area contributed by atoms with Crippen LogP contribution in [0.1, 0.15) is 28.8 Å². The van der Waals surface area contributed by atoms with Crippen molar-refractivity contribution in [3.05, 3.63) is 58.6 Å². The zero-order chi connectivity index (χ0) is 18.0. The highest BCUT2D eigenvalue weighted by Gasteiger charge is 2.27. The first-order chi connectivity index (χ1) is 11.9. The Morgan fingerprint density at radius 2 is 1.72 bits per heavy atom. The molecule has 0 atom stereocenters. The van der Waals surface area contributed by atoms with Crippen molar-refractivity contribution in [2.24, 2.45) is 0 Å². The van der Waals surface area contributed by atoms with Gasteiger partial charge in [0.15, 0.2) is 0 Å². The summed E-state index contributed by atoms with van der Waals surface area (Å²) in [4.78, 5) is 12.5. The monoisotopic (exact) mass is 378 g/mol. The molecule has 2 aromatic rings. The van der Waals surface area contributed by atoms with Gasteiger partial charge in [-0.05, 0) is 67.8 Å². The molecule has 1 heterocycles. The fourth-order valence-corrected chi connectivity index (χ4v) is 4.54. The van der Waals surface area contributed by atoms with Crippen molar-refractivity contribution in [1.29, 1.82) is 0 Å². The van der Waals surface area contributed by atoms with Crippen LogP contribution in [0.15, 0.2) is 47.4 Å². The van der Waals surface area contributed by atoms with E-state index in [4.69, 9.17) is 11.6 Å². The number of carbonyl (C=O) groups excluding carboxylic acids is 1. The minimum absolute atomic E-state index is 0.261. The highest BCUT2D eigenvalue weighted by atomic mass is 35.5. The van der Waals surface area contributed by atoms with E-state index >= 15 is 0 Å². The van der Waals surface area contributed by atoms with E-state index in [2.05, 4.69) is 5.32 Å². The molecule has 0 unspecified atom stereocenters. The lowest BCUT2D eigenvalue weighted by Gasteiger charge is -2.17. The van der Waals surface area contributed by atoms with Crippen LogP contribution in [-0.4, -0.2) is 31.7 Å². The van der Waals surface area contributed by atoms with Gasteiger partial charge in [-0.2, -0.15) is 4.31 Å². The van der Waals surface area contributed by atoms with Crippen molar-refractivity contribution in [3.63, 3.8) is 0 Å². The predicted molar refractivity (Wildman–Crippen MR) is 98.6 cm³/mol. The lowest BCUT2D eigenvalue weighted by atomic mass is 10.1. The highest BCUT2D eigenvalue weighted by molar-refractivity contribution is 7.89. The minimum atomic E-state index is -3.46. The molecule has 0 aromatic heterocycles. The van der Waals surface area contributed by atoms with Crippen molar-refractivity contribution >= 4 is 33.2 Å². The van der Waals surface area contributed by atoms with Gasteiger partial charge in [0.2, 0.25) is 10.0 Å². The molecule has 0 saturated carbocycles. The summed E-state index contributed by atoms with van der Waals surface area (Å²) in [6, 6.07) is 11.3. The van der Waals surface area contributed by atoms with Crippen LogP contribution in [0, 0.1) is 6.92 Å². The van der Waals surface area contributed by atoms with Crippen molar-refractivity contribution < 1.29 is 13.2 Å². The molecule has 0 spiro atoms. The highest BCUT2D eigenvalue weighted by Crippen LogP contribution is 2.25. The predicted octanol–water partition coefficient (Wildman–Crippen LogP) is 3.69. The Morgan fingerprint density at radius 3 is 2.32 bits per heavy atom. The van der Waals surface area contributed by atoms with Gasteiger partial charge in [-0.1, -0.05) is 11.6 Å². The maximum Gasteiger partial charge on any atom is 0.255 e. The lowest BCUT2D eigenvalue weighted by Crippen LogP contribution is -2.28. The van der Waals surface area contributed by atoms with Crippen LogP contribution in [0.3, 0.4) is 0 Å². The van der Waals surface area contributed by atoms with Crippen molar-refractivity contribution in [3.8, 4) is 0 Å². The molecule has 1 aliphatic heterocycles. The summed E-state index contributed by atoms with van der Waals surface area (Å²) >= 11 is 5.82. The Kier molecular flexibility index (Phi) is 5.13. The topological polar surface area (TPSA) is 66.5 Å². The van der Waals surface area contributed by atoms with Gasteiger partial charge in [0.05, 0.1) is 4.90 Å². The molecule has 1 saturated heterocycles. The molecule has 7 heteroatoms. The van der Waals surface area contributed by atoms with E-state index in [9.17, 15) is 13.2 Å². The minimum Gasteiger partial charge on any atom is -0.322 e. The molecular weight excluding hydrogens is 360 g/mol. The van der Waals surface area contributed by atoms with Gasteiger partial charge in [0.1, 0.15) is 0 Å². The molecule has 132 valence electrons. The Bertz CT molecular complexity index is 889. The zero-order valence-electron chi connectivity index (χ0n) is 13.8. The molecule has 0 bridgehead atoms. The van der Waals surface area contributed by atoms with E-state index in [0.717, 1.165) is 12.8 Å². The van der Waals surface area contributed by atoms with Crippen LogP contribution in [-0.2, 0) is 10.0 Å². The molecule has 1 aliphatic rings. The number of sulfonamides is 1. The lowest BCUT2D eigenvalue weighted by molar-refractivity contribution is 0.102. The summed E-state index contributed by atoms with van der Waals surface area (Å²) in [5.41, 5.74) is 1.76. The number of rotatable bonds is 4. The second-order valence-electron chi connectivity index (χ2n) is 6.05. The standard InChI is InChI=1S/C18H19ClN2O3S/c1-13-12-16(25(23,24)21-10-2-3-11-21)8-9-17(13)20-18(22)14-4-6-15(19)7-5-14/h4-9,12H,2-3,10-11H2,1H3,(H,20,22). The van der Waals surface area contributed by atoms with Gasteiger partial charge < -0.3 is 5.32 Å². The first-order valence-corrected chi connectivity index (χ1v) is 9.87. The van der Waals surface area contributed by atoms with Crippen LogP contribution in [0.5, 0.6) is 0 Å². The SMILES string of the molecule is Cc1cc(S(=O)(=O)N2CCCC2)ccc1NC(=O)c1ccc(Cl)cc1. The number of benzene rings is 2. The van der Waals surface area contributed by atoms with Crippen LogP contribution in [0.4, 0.5) is 5.69 Å². The second kappa shape index (κ2) is 7.15. The Balaban J connectivity index is 1.80. The Hall–Kier alpha value is -1.89. The number of amides is 1. The van der Waals surface area contributed by atoms with Gasteiger partial charge in [-0.25, -0.2) is 8.42 Å². The first kappa shape index (κ1) is 17.9. The largest absolute Gasteiger partial charge is 0.322 e. The number of anilines is 1. The smallest absolute Gasteiger partial charge is 0.255 e. The summed E-state index contributed by atoms with van der Waals surface area (Å²) in [5.74, 6) is -0.269. The Labute approximate surface area is 152 Å². The van der Waals surface area contributed by atoms with Crippen molar-refractivity contribution in [2.45, 2.75) is 24.7 Å². The number of nitrogens with zero attached hydrogens (tertiary/aromatic N) is 1. The molecular formula is C18H19ClN2O3S. The average Bonchev–Trinajstić information content (AvgIpc) is 3.12. The Morgan fingerprint density at radius 1 is 1.08 bits per heavy atom. The third-order valence-electron chi connectivity index (χ3n) is 4.26. The van der Waals surface area contributed by atoms with Crippen molar-refractivity contribution in [2.75, 3.05) is 18.4 Å². The number of aryl methyl sites for hydroxylation is 1. The molecule has 1 amide bonds. The van der Waals surface area contributed by atoms with E-state index in [1.807, 2.05) is 0 Å². The number of hydrogen-bond donors (Lipinski definition) is 1. The van der Waals surface area contributed by atoms with E-state index in [0.29, 0.717) is 34.9 Å².